The fourth-order valence-corrected chi connectivity index (χ4v) is 11.2. The number of primary amides is 1. The number of phenolic OH excluding ortho intramolecular Hbond substituents is 1. The Morgan fingerprint density at radius 3 is 1.79 bits per heavy atom. The third-order valence-electron chi connectivity index (χ3n) is 16.2. The lowest BCUT2D eigenvalue weighted by atomic mass is 9.99. The van der Waals surface area contributed by atoms with Crippen molar-refractivity contribution in [3.05, 3.63) is 84.1 Å². The van der Waals surface area contributed by atoms with Gasteiger partial charge in [0, 0.05) is 67.8 Å². The molecular formula is C65H95N19O15. The summed E-state index contributed by atoms with van der Waals surface area (Å²) >= 11 is 0. The zero-order chi connectivity index (χ0) is 72.7. The van der Waals surface area contributed by atoms with Crippen molar-refractivity contribution in [3.8, 4) is 5.75 Å². The van der Waals surface area contributed by atoms with Crippen LogP contribution in [0.15, 0.2) is 72.2 Å². The minimum atomic E-state index is -1.81. The molecule has 0 radical (unpaired) electrons. The van der Waals surface area contributed by atoms with Crippen LogP contribution in [0.2, 0.25) is 0 Å². The summed E-state index contributed by atoms with van der Waals surface area (Å²) in [4.78, 5) is 182. The largest absolute Gasteiger partial charge is 0.508 e. The zero-order valence-corrected chi connectivity index (χ0v) is 56.7. The van der Waals surface area contributed by atoms with Crippen molar-refractivity contribution < 1.29 is 72.5 Å². The number of aliphatic imine (C=N–C) groups is 1. The van der Waals surface area contributed by atoms with Crippen molar-refractivity contribution in [2.75, 3.05) is 26.3 Å². The van der Waals surface area contributed by atoms with Gasteiger partial charge in [0.2, 0.25) is 59.1 Å². The van der Waals surface area contributed by atoms with Crippen molar-refractivity contribution in [1.82, 2.24) is 78.6 Å². The van der Waals surface area contributed by atoms with E-state index in [2.05, 4.69) is 73.2 Å². The molecule has 0 saturated carbocycles. The number of para-hydroxylation sites is 1. The maximum Gasteiger partial charge on any atom is 0.330 e. The Balaban J connectivity index is 1.24. The lowest BCUT2D eigenvalue weighted by Gasteiger charge is -2.31. The molecule has 21 N–H and O–H groups in total. The van der Waals surface area contributed by atoms with Gasteiger partial charge in [-0.2, -0.15) is 0 Å². The molecule has 540 valence electrons. The number of aliphatic hydroxyl groups excluding tert-OH is 1. The van der Waals surface area contributed by atoms with E-state index in [-0.39, 0.29) is 107 Å². The highest BCUT2D eigenvalue weighted by Gasteiger charge is 2.41. The maximum atomic E-state index is 14.9. The highest BCUT2D eigenvalue weighted by atomic mass is 16.5. The van der Waals surface area contributed by atoms with E-state index in [1.165, 1.54) is 41.7 Å². The third kappa shape index (κ3) is 24.6. The first-order valence-corrected chi connectivity index (χ1v) is 32.9. The summed E-state index contributed by atoms with van der Waals surface area (Å²) in [6.45, 7) is 10.9. The number of hydrogen-bond acceptors (Lipinski definition) is 17. The molecule has 2 saturated heterocycles. The molecule has 6 rings (SSSR count). The first-order valence-electron chi connectivity index (χ1n) is 32.9. The van der Waals surface area contributed by atoms with Gasteiger partial charge >= 0.3 is 6.03 Å². The third-order valence-corrected chi connectivity index (χ3v) is 16.2. The molecule has 34 nitrogen and oxygen atoms in total. The van der Waals surface area contributed by atoms with E-state index in [9.17, 15) is 67.7 Å². The van der Waals surface area contributed by atoms with Crippen LogP contribution < -0.4 is 75.9 Å². The minimum absolute atomic E-state index is 0.00688. The number of nitrogens with one attached hydrogen (secondary N) is 13. The Kier molecular flexibility index (Phi) is 28.9. The first kappa shape index (κ1) is 77.6. The van der Waals surface area contributed by atoms with Gasteiger partial charge in [0.25, 0.3) is 5.91 Å². The number of nitrogens with two attached hydrogens (primary N) is 3. The number of benzene rings is 2. The molecule has 0 aliphatic carbocycles. The highest BCUT2D eigenvalue weighted by molar-refractivity contribution is 6.00. The number of urea groups is 1. The van der Waals surface area contributed by atoms with Crippen LogP contribution in [0.25, 0.3) is 10.9 Å². The predicted octanol–water partition coefficient (Wildman–Crippen LogP) is -2.57. The SMILES string of the molecule is CC(C)C[C@H](NC(=O)[C@H](CC(C)C)NC(=O)[C@@H](COC(C)(C)C)NC(=O)[C@H](Cc1ccc(O)cc1)NC(=O)[C@H](CO)NC(=O)[C@H](Cc1c[nH]c2ccccc12)NC(=O)[C@H](Cc1cnc[nH]1)NC(=O)[C@@H]1CCC(=O)N1)C(=O)N[C@@H](CCCN=C(N)N)C(=O)N1CCC[C@H]1C(=O)NNC(N)=O. The number of phenols is 1. The van der Waals surface area contributed by atoms with Gasteiger partial charge < -0.3 is 94.9 Å². The highest BCUT2D eigenvalue weighted by Crippen LogP contribution is 2.23. The number of likely N-dealkylation sites (tertiary alicyclic amines) is 1. The molecule has 0 bridgehead atoms. The second kappa shape index (κ2) is 36.8. The van der Waals surface area contributed by atoms with Gasteiger partial charge in [-0.1, -0.05) is 58.0 Å². The number of aromatic hydroxyl groups is 1. The second-order valence-corrected chi connectivity index (χ2v) is 26.3. The number of hydrogen-bond donors (Lipinski definition) is 18. The average molecular weight is 1380 g/mol. The van der Waals surface area contributed by atoms with Gasteiger partial charge in [-0.25, -0.2) is 15.2 Å². The van der Waals surface area contributed by atoms with Gasteiger partial charge in [-0.15, -0.1) is 0 Å². The number of carbonyl (C=O) groups is 12. The maximum absolute atomic E-state index is 14.9. The number of aromatic nitrogens is 3. The number of amides is 13. The first-order chi connectivity index (χ1) is 46.9. The zero-order valence-electron chi connectivity index (χ0n) is 56.7. The number of hydrazine groups is 1. The van der Waals surface area contributed by atoms with Crippen molar-refractivity contribution >= 4 is 87.9 Å². The number of aliphatic hydroxyl groups is 1. The smallest absolute Gasteiger partial charge is 0.330 e. The summed E-state index contributed by atoms with van der Waals surface area (Å²) in [7, 11) is 0. The van der Waals surface area contributed by atoms with E-state index in [0.717, 1.165) is 0 Å². The lowest BCUT2D eigenvalue weighted by molar-refractivity contribution is -0.142. The molecule has 4 heterocycles. The normalized spacial score (nSPS) is 16.9. The van der Waals surface area contributed by atoms with Gasteiger partial charge in [-0.3, -0.25) is 63.2 Å². The van der Waals surface area contributed by atoms with Crippen molar-refractivity contribution in [2.45, 2.75) is 185 Å². The standard InChI is InChI=1S/C65H95N19O15/c1-34(2)24-44(54(89)74-43(14-10-22-70-63(66)67)62(97)84-23-11-15-51(84)61(96)82-83-64(68)98)75-55(90)45(25-35(3)4)76-60(95)50(32-99-65(5,6)7)81-56(91)46(26-36-16-18-39(86)19-17-36)77-59(94)49(31-85)80-57(92)47(27-37-29-71-41-13-9-8-12-40(37)41)78-58(93)48(28-38-30-69-33-72-38)79-53(88)42-20-21-52(87)73-42/h8-9,12-13,16-19,29-30,33-35,42-51,71,85-86H,10-11,14-15,20-28,31-32H2,1-7H3,(H,69,72)(H,73,87)(H,74,89)(H,75,90)(H,76,95)(H,77,94)(H,78,93)(H,79,88)(H,80,92)(H,81,91)(H,82,96)(H4,66,67,70)(H3,68,83,98)/t42-,43-,44-,45-,46-,47-,48-,49-,50+,51-/m0/s1. The molecule has 0 unspecified atom stereocenters. The summed E-state index contributed by atoms with van der Waals surface area (Å²) in [5.74, 6) is -9.64. The molecule has 2 aliphatic rings. The topological polar surface area (TPSA) is 525 Å². The fraction of sp³-hybridized carbons (Fsp3) is 0.538. The fourth-order valence-electron chi connectivity index (χ4n) is 11.2. The molecule has 0 spiro atoms. The van der Waals surface area contributed by atoms with Crippen molar-refractivity contribution in [3.63, 3.8) is 0 Å². The quantitative estimate of drug-likeness (QED) is 0.00974. The molecule has 2 aromatic heterocycles. The van der Waals surface area contributed by atoms with Crippen LogP contribution in [0.1, 0.15) is 117 Å². The summed E-state index contributed by atoms with van der Waals surface area (Å²) < 4.78 is 6.06. The lowest BCUT2D eigenvalue weighted by Crippen LogP contribution is -2.62. The van der Waals surface area contributed by atoms with Crippen molar-refractivity contribution in [1.29, 1.82) is 0 Å². The van der Waals surface area contributed by atoms with E-state index < -0.39 is 144 Å². The summed E-state index contributed by atoms with van der Waals surface area (Å²) in [5, 5.41) is 45.7. The molecule has 2 aromatic carbocycles. The van der Waals surface area contributed by atoms with E-state index in [0.29, 0.717) is 34.1 Å². The number of imidazole rings is 1. The molecule has 10 atom stereocenters. The minimum Gasteiger partial charge on any atom is -0.508 e. The van der Waals surface area contributed by atoms with Crippen molar-refractivity contribution in [2.24, 2.45) is 34.0 Å². The number of nitrogens with zero attached hydrogens (tertiary/aromatic N) is 3. The summed E-state index contributed by atoms with van der Waals surface area (Å²) in [6, 6.07) is -2.09. The summed E-state index contributed by atoms with van der Waals surface area (Å²) in [6.07, 6.45) is 4.93. The number of carbonyl (C=O) groups excluding carboxylic acids is 12. The second-order valence-electron chi connectivity index (χ2n) is 26.3. The predicted molar refractivity (Wildman–Crippen MR) is 360 cm³/mol. The molecular weight excluding hydrogens is 1290 g/mol. The number of H-pyrrole nitrogens is 2. The van der Waals surface area contributed by atoms with Crippen LogP contribution in [0.5, 0.6) is 5.75 Å². The van der Waals surface area contributed by atoms with Gasteiger partial charge in [0.1, 0.15) is 66.2 Å². The molecule has 13 amide bonds. The number of rotatable bonds is 35. The van der Waals surface area contributed by atoms with E-state index in [1.807, 2.05) is 5.43 Å². The molecule has 2 fully saturated rings. The van der Waals surface area contributed by atoms with Crippen LogP contribution >= 0.6 is 0 Å². The Labute approximate surface area is 572 Å². The summed E-state index contributed by atoms with van der Waals surface area (Å²) in [5.41, 5.74) is 21.6. The van der Waals surface area contributed by atoms with E-state index in [1.54, 1.807) is 78.9 Å². The Morgan fingerprint density at radius 1 is 0.667 bits per heavy atom. The van der Waals surface area contributed by atoms with E-state index >= 15 is 0 Å². The molecule has 34 heteroatoms. The molecule has 99 heavy (non-hydrogen) atoms. The van der Waals surface area contributed by atoms with Gasteiger partial charge in [0.05, 0.1) is 25.1 Å². The molecule has 2 aliphatic heterocycles. The van der Waals surface area contributed by atoms with Crippen LogP contribution in [0.4, 0.5) is 4.79 Å². The number of ether oxygens (including phenoxy) is 1. The number of aromatic amines is 2. The van der Waals surface area contributed by atoms with Crippen LogP contribution in [-0.4, -0.2) is 199 Å². The molecule has 4 aromatic rings. The average Bonchev–Trinajstić information content (AvgIpc) is 1.80. The number of guanidine groups is 1. The van der Waals surface area contributed by atoms with Crippen LogP contribution in [-0.2, 0) is 76.7 Å². The Bertz CT molecular complexity index is 3500. The van der Waals surface area contributed by atoms with Crippen LogP contribution in [0, 0.1) is 11.8 Å². The number of fused-ring (bicyclic) bond motifs is 1. The van der Waals surface area contributed by atoms with Crippen LogP contribution in [0.3, 0.4) is 0 Å². The monoisotopic (exact) mass is 1380 g/mol. The van der Waals surface area contributed by atoms with E-state index in [4.69, 9.17) is 21.9 Å². The van der Waals surface area contributed by atoms with Gasteiger partial charge in [0.15, 0.2) is 5.96 Å². The van der Waals surface area contributed by atoms with Gasteiger partial charge in [-0.05, 0) is 107 Å². The Morgan fingerprint density at radius 2 is 1.22 bits per heavy atom. The Hall–Kier alpha value is -10.4.